The van der Waals surface area contributed by atoms with Crippen LogP contribution in [0.5, 0.6) is 0 Å². The van der Waals surface area contributed by atoms with Crippen LogP contribution in [0.4, 0.5) is 0 Å². The summed E-state index contributed by atoms with van der Waals surface area (Å²) in [7, 11) is 0. The van der Waals surface area contributed by atoms with Crippen molar-refractivity contribution in [2.24, 2.45) is 0 Å². The molecule has 4 N–H and O–H groups in total. The Morgan fingerprint density at radius 1 is 0.692 bits per heavy atom. The van der Waals surface area contributed by atoms with Gasteiger partial charge in [-0.05, 0) is 62.1 Å². The van der Waals surface area contributed by atoms with Crippen LogP contribution < -0.4 is 0 Å². The number of H-pyrrole nitrogens is 2. The Labute approximate surface area is 150 Å². The molecule has 0 aliphatic rings. The van der Waals surface area contributed by atoms with Gasteiger partial charge in [-0.25, -0.2) is 9.97 Å². The number of nitrogens with one attached hydrogen (secondary N) is 2. The maximum absolute atomic E-state index is 10.6. The van der Waals surface area contributed by atoms with Gasteiger partial charge in [-0.15, -0.1) is 0 Å². The van der Waals surface area contributed by atoms with Gasteiger partial charge in [-0.2, -0.15) is 0 Å². The maximum Gasteiger partial charge on any atom is 0.145 e. The van der Waals surface area contributed by atoms with E-state index < -0.39 is 12.2 Å². The van der Waals surface area contributed by atoms with Crippen molar-refractivity contribution >= 4 is 22.1 Å². The number of hydrogen-bond acceptors (Lipinski definition) is 4. The lowest BCUT2D eigenvalue weighted by Crippen LogP contribution is -2.13. The quantitative estimate of drug-likeness (QED) is 0.455. The van der Waals surface area contributed by atoms with Crippen molar-refractivity contribution < 1.29 is 10.2 Å². The molecule has 2 aromatic heterocycles. The topological polar surface area (TPSA) is 97.8 Å². The van der Waals surface area contributed by atoms with Crippen molar-refractivity contribution in [3.63, 3.8) is 0 Å². The Hall–Kier alpha value is -2.70. The van der Waals surface area contributed by atoms with Crippen molar-refractivity contribution in [2.45, 2.75) is 39.9 Å². The Bertz CT molecular complexity index is 1040. The minimum atomic E-state index is -1.20. The van der Waals surface area contributed by atoms with Crippen LogP contribution >= 0.6 is 0 Å². The summed E-state index contributed by atoms with van der Waals surface area (Å²) in [5.74, 6) is 0.657. The van der Waals surface area contributed by atoms with Gasteiger partial charge in [0.2, 0.25) is 0 Å². The zero-order valence-corrected chi connectivity index (χ0v) is 15.3. The summed E-state index contributed by atoms with van der Waals surface area (Å²) in [5.41, 5.74) is 7.57. The standard InChI is InChI=1S/C20H22N4O2/c1-9-5-11(3)15-13(7-9)21-19(23-15)17(25)18(26)20-22-14-8-10(2)6-12(4)16(14)24-20/h5-8,17-18,25-26H,1-4H3,(H,21,23)(H,22,24)/t17-,18-/m1/s1. The van der Waals surface area contributed by atoms with E-state index in [4.69, 9.17) is 0 Å². The fraction of sp³-hybridized carbons (Fsp3) is 0.300. The summed E-state index contributed by atoms with van der Waals surface area (Å²) in [5, 5.41) is 21.3. The van der Waals surface area contributed by atoms with E-state index in [-0.39, 0.29) is 0 Å². The van der Waals surface area contributed by atoms with Crippen LogP contribution in [0, 0.1) is 27.7 Å². The largest absolute Gasteiger partial charge is 0.382 e. The summed E-state index contributed by atoms with van der Waals surface area (Å²) in [6.45, 7) is 7.98. The molecule has 0 unspecified atom stereocenters. The average Bonchev–Trinajstić information content (AvgIpc) is 3.17. The molecule has 2 aromatic carbocycles. The number of fused-ring (bicyclic) bond motifs is 2. The molecule has 0 aliphatic heterocycles. The van der Waals surface area contributed by atoms with Crippen LogP contribution in [-0.4, -0.2) is 30.1 Å². The molecule has 26 heavy (non-hydrogen) atoms. The van der Waals surface area contributed by atoms with E-state index in [1.165, 1.54) is 0 Å². The molecule has 4 aromatic rings. The Morgan fingerprint density at radius 2 is 1.08 bits per heavy atom. The van der Waals surface area contributed by atoms with Gasteiger partial charge >= 0.3 is 0 Å². The molecule has 134 valence electrons. The third-order valence-corrected chi connectivity index (χ3v) is 4.74. The molecular formula is C20H22N4O2. The van der Waals surface area contributed by atoms with Crippen LogP contribution in [0.25, 0.3) is 22.1 Å². The highest BCUT2D eigenvalue weighted by atomic mass is 16.3. The number of aliphatic hydroxyl groups excluding tert-OH is 2. The van der Waals surface area contributed by atoms with Gasteiger partial charge in [0, 0.05) is 0 Å². The van der Waals surface area contributed by atoms with Crippen LogP contribution in [0.1, 0.15) is 46.1 Å². The summed E-state index contributed by atoms with van der Waals surface area (Å²) >= 11 is 0. The second kappa shape index (κ2) is 5.93. The zero-order chi connectivity index (χ0) is 18.6. The summed E-state index contributed by atoms with van der Waals surface area (Å²) in [6, 6.07) is 8.04. The van der Waals surface area contributed by atoms with E-state index in [2.05, 4.69) is 19.9 Å². The van der Waals surface area contributed by atoms with Gasteiger partial charge in [-0.1, -0.05) is 12.1 Å². The number of rotatable bonds is 3. The number of aromatic amines is 2. The summed E-state index contributed by atoms with van der Waals surface area (Å²) in [6.07, 6.45) is -2.41. The zero-order valence-electron chi connectivity index (χ0n) is 15.3. The van der Waals surface area contributed by atoms with Gasteiger partial charge in [0.15, 0.2) is 0 Å². The number of hydrogen-bond donors (Lipinski definition) is 4. The fourth-order valence-electron chi connectivity index (χ4n) is 3.56. The predicted molar refractivity (Wildman–Crippen MR) is 101 cm³/mol. The number of benzene rings is 2. The molecule has 0 aliphatic carbocycles. The molecule has 0 amide bonds. The molecule has 4 rings (SSSR count). The Balaban J connectivity index is 1.73. The van der Waals surface area contributed by atoms with Crippen molar-refractivity contribution in [3.8, 4) is 0 Å². The predicted octanol–water partition coefficient (Wildman–Crippen LogP) is 3.44. The molecular weight excluding hydrogens is 328 g/mol. The first-order valence-corrected chi connectivity index (χ1v) is 8.63. The SMILES string of the molecule is Cc1cc(C)c2nc([C@H](O)[C@@H](O)c3nc4c(C)cc(C)cc4[nH]3)[nH]c2c1. The number of aliphatic hydroxyl groups is 2. The Kier molecular flexibility index (Phi) is 3.82. The molecule has 2 atom stereocenters. The van der Waals surface area contributed by atoms with Crippen LogP contribution in [0.3, 0.4) is 0 Å². The lowest BCUT2D eigenvalue weighted by molar-refractivity contribution is 0.00779. The Morgan fingerprint density at radius 3 is 1.46 bits per heavy atom. The summed E-state index contributed by atoms with van der Waals surface area (Å²) < 4.78 is 0. The fourth-order valence-corrected chi connectivity index (χ4v) is 3.56. The second-order valence-corrected chi connectivity index (χ2v) is 7.09. The first-order valence-electron chi connectivity index (χ1n) is 8.63. The van der Waals surface area contributed by atoms with Crippen molar-refractivity contribution in [1.29, 1.82) is 0 Å². The number of aromatic nitrogens is 4. The maximum atomic E-state index is 10.6. The number of nitrogens with zero attached hydrogens (tertiary/aromatic N) is 2. The molecule has 0 spiro atoms. The first-order chi connectivity index (χ1) is 12.3. The highest BCUT2D eigenvalue weighted by molar-refractivity contribution is 5.80. The second-order valence-electron chi connectivity index (χ2n) is 7.09. The highest BCUT2D eigenvalue weighted by Gasteiger charge is 2.26. The molecule has 0 radical (unpaired) electrons. The molecule has 2 heterocycles. The van der Waals surface area contributed by atoms with Gasteiger partial charge < -0.3 is 20.2 Å². The van der Waals surface area contributed by atoms with E-state index in [0.717, 1.165) is 44.3 Å². The van der Waals surface area contributed by atoms with E-state index >= 15 is 0 Å². The normalized spacial score (nSPS) is 14.2. The third kappa shape index (κ3) is 2.67. The molecule has 0 saturated heterocycles. The molecule has 6 heteroatoms. The third-order valence-electron chi connectivity index (χ3n) is 4.74. The van der Waals surface area contributed by atoms with E-state index in [1.807, 2.05) is 52.0 Å². The van der Waals surface area contributed by atoms with Gasteiger partial charge in [0.1, 0.15) is 23.9 Å². The van der Waals surface area contributed by atoms with E-state index in [1.54, 1.807) is 0 Å². The van der Waals surface area contributed by atoms with E-state index in [0.29, 0.717) is 11.6 Å². The number of imidazole rings is 2. The lowest BCUT2D eigenvalue weighted by Gasteiger charge is -2.13. The highest BCUT2D eigenvalue weighted by Crippen LogP contribution is 2.30. The van der Waals surface area contributed by atoms with Gasteiger partial charge in [-0.3, -0.25) is 0 Å². The molecule has 0 fully saturated rings. The van der Waals surface area contributed by atoms with Crippen LogP contribution in [0.15, 0.2) is 24.3 Å². The lowest BCUT2D eigenvalue weighted by atomic mass is 10.1. The number of aryl methyl sites for hydroxylation is 4. The average molecular weight is 350 g/mol. The van der Waals surface area contributed by atoms with Gasteiger partial charge in [0.25, 0.3) is 0 Å². The monoisotopic (exact) mass is 350 g/mol. The summed E-state index contributed by atoms with van der Waals surface area (Å²) in [4.78, 5) is 15.2. The minimum absolute atomic E-state index is 0.328. The molecule has 6 nitrogen and oxygen atoms in total. The van der Waals surface area contributed by atoms with Crippen molar-refractivity contribution in [3.05, 3.63) is 58.2 Å². The van der Waals surface area contributed by atoms with Crippen LogP contribution in [0.2, 0.25) is 0 Å². The van der Waals surface area contributed by atoms with Crippen molar-refractivity contribution in [2.75, 3.05) is 0 Å². The first kappa shape index (κ1) is 16.8. The molecule has 0 bridgehead atoms. The van der Waals surface area contributed by atoms with E-state index in [9.17, 15) is 10.2 Å². The van der Waals surface area contributed by atoms with Crippen molar-refractivity contribution in [1.82, 2.24) is 19.9 Å². The van der Waals surface area contributed by atoms with Crippen LogP contribution in [-0.2, 0) is 0 Å². The van der Waals surface area contributed by atoms with Gasteiger partial charge in [0.05, 0.1) is 22.1 Å². The smallest absolute Gasteiger partial charge is 0.145 e. The molecule has 0 saturated carbocycles. The minimum Gasteiger partial charge on any atom is -0.382 e.